The number of rotatable bonds is 4. The topological polar surface area (TPSA) is 0 Å². The van der Waals surface area contributed by atoms with Crippen molar-refractivity contribution in [3.8, 4) is 0 Å². The van der Waals surface area contributed by atoms with Gasteiger partial charge in [-0.05, 0) is 18.8 Å². The number of allylic oxidation sites excluding steroid dienone is 1. The van der Waals surface area contributed by atoms with Crippen LogP contribution in [0.5, 0.6) is 0 Å². The third kappa shape index (κ3) is 5.74. The normalized spacial score (nSPS) is 9.88. The first-order valence-electron chi connectivity index (χ1n) is 3.14. The molecule has 0 amide bonds. The minimum atomic E-state index is 0.579. The Morgan fingerprint density at radius 1 is 1.75 bits per heavy atom. The van der Waals surface area contributed by atoms with Crippen LogP contribution >= 0.6 is 0 Å². The maximum Gasteiger partial charge on any atom is -0.0348 e. The molecule has 0 aromatic heterocycles. The van der Waals surface area contributed by atoms with Crippen LogP contribution in [0.15, 0.2) is 6.08 Å². The predicted molar refractivity (Wildman–Crippen MR) is 37.2 cm³/mol. The van der Waals surface area contributed by atoms with Crippen molar-refractivity contribution in [3.63, 3.8) is 0 Å². The van der Waals surface area contributed by atoms with Crippen LogP contribution in [0.2, 0.25) is 0 Å². The zero-order chi connectivity index (χ0) is 6.41. The van der Waals surface area contributed by atoms with E-state index in [4.69, 9.17) is 6.58 Å². The molecule has 0 aliphatic carbocycles. The van der Waals surface area contributed by atoms with Gasteiger partial charge in [0, 0.05) is 0 Å². The van der Waals surface area contributed by atoms with E-state index < -0.39 is 0 Å². The molecule has 0 aromatic rings. The molecule has 46 valence electrons. The molecule has 0 N–H and O–H groups in total. The summed E-state index contributed by atoms with van der Waals surface area (Å²) in [5, 5.41) is 0. The Hall–Kier alpha value is -0.260. The van der Waals surface area contributed by atoms with E-state index in [0.29, 0.717) is 5.92 Å². The first-order chi connectivity index (χ1) is 3.77. The van der Waals surface area contributed by atoms with Crippen molar-refractivity contribution in [1.82, 2.24) is 0 Å². The lowest BCUT2D eigenvalue weighted by atomic mass is 10.1. The summed E-state index contributed by atoms with van der Waals surface area (Å²) in [6.45, 7) is 11.1. The molecular formula is C8H14. The van der Waals surface area contributed by atoms with Crippen molar-refractivity contribution in [2.24, 2.45) is 5.92 Å². The van der Waals surface area contributed by atoms with Crippen molar-refractivity contribution in [2.45, 2.75) is 26.2 Å². The fourth-order valence-electron chi connectivity index (χ4n) is 0.584. The summed E-state index contributed by atoms with van der Waals surface area (Å²) in [5.41, 5.74) is 0. The highest BCUT2D eigenvalue weighted by Gasteiger charge is 1.89. The zero-order valence-corrected chi connectivity index (χ0v) is 5.56. The predicted octanol–water partition coefficient (Wildman–Crippen LogP) is 2.62. The minimum Gasteiger partial charge on any atom is -0.0845 e. The largest absolute Gasteiger partial charge is 0.0845 e. The van der Waals surface area contributed by atoms with Gasteiger partial charge in [-0.25, -0.2) is 0 Å². The molecular weight excluding hydrogens is 96.1 g/mol. The Labute approximate surface area is 52.6 Å². The third-order valence-corrected chi connectivity index (χ3v) is 1.07. The smallest absolute Gasteiger partial charge is 0.0348 e. The summed E-state index contributed by atoms with van der Waals surface area (Å²) in [5.74, 6) is 0.579. The summed E-state index contributed by atoms with van der Waals surface area (Å²) < 4.78 is 0. The van der Waals surface area contributed by atoms with E-state index in [2.05, 4.69) is 13.8 Å². The van der Waals surface area contributed by atoms with Gasteiger partial charge in [0.2, 0.25) is 0 Å². The molecule has 0 aliphatic heterocycles. The second kappa shape index (κ2) is 4.89. The quantitative estimate of drug-likeness (QED) is 0.488. The van der Waals surface area contributed by atoms with Crippen LogP contribution in [0.3, 0.4) is 0 Å². The number of hydrogen-bond donors (Lipinski definition) is 0. The van der Waals surface area contributed by atoms with E-state index in [1.54, 1.807) is 6.08 Å². The average molecular weight is 110 g/mol. The van der Waals surface area contributed by atoms with Gasteiger partial charge in [0.15, 0.2) is 0 Å². The minimum absolute atomic E-state index is 0.579. The summed E-state index contributed by atoms with van der Waals surface area (Å²) in [4.78, 5) is 0. The highest BCUT2D eigenvalue weighted by atomic mass is 14.0. The summed E-state index contributed by atoms with van der Waals surface area (Å²) in [6.07, 6.45) is 5.11. The Bertz CT molecular complexity index is 53.1. The standard InChI is InChI=1S/C8H14/c1-4-5-6-7-8(2)3/h1,4,8H,2,5-7H2,3H3. The van der Waals surface area contributed by atoms with Crippen molar-refractivity contribution < 1.29 is 0 Å². The Morgan fingerprint density at radius 3 is 2.75 bits per heavy atom. The molecule has 0 fully saturated rings. The maximum absolute atomic E-state index is 5.17. The third-order valence-electron chi connectivity index (χ3n) is 1.07. The molecule has 0 saturated carbocycles. The van der Waals surface area contributed by atoms with Crippen LogP contribution in [0, 0.1) is 19.4 Å². The van der Waals surface area contributed by atoms with Crippen molar-refractivity contribution >= 4 is 0 Å². The van der Waals surface area contributed by atoms with Crippen LogP contribution < -0.4 is 0 Å². The lowest BCUT2D eigenvalue weighted by molar-refractivity contribution is 0.609. The molecule has 1 unspecified atom stereocenters. The van der Waals surface area contributed by atoms with Crippen LogP contribution in [0.25, 0.3) is 0 Å². The highest BCUT2D eigenvalue weighted by Crippen LogP contribution is 2.04. The van der Waals surface area contributed by atoms with Crippen molar-refractivity contribution in [2.75, 3.05) is 0 Å². The SMILES string of the molecule is [CH]=CCCCC([CH2])C. The highest BCUT2D eigenvalue weighted by molar-refractivity contribution is 4.63. The molecule has 8 heavy (non-hydrogen) atoms. The molecule has 0 heterocycles. The molecule has 0 rings (SSSR count). The lowest BCUT2D eigenvalue weighted by Gasteiger charge is -1.99. The van der Waals surface area contributed by atoms with E-state index in [-0.39, 0.29) is 0 Å². The molecule has 0 bridgehead atoms. The number of hydrogen-bond acceptors (Lipinski definition) is 0. The molecule has 0 heteroatoms. The first kappa shape index (κ1) is 7.74. The van der Waals surface area contributed by atoms with E-state index in [0.717, 1.165) is 6.42 Å². The van der Waals surface area contributed by atoms with Gasteiger partial charge in [0.1, 0.15) is 0 Å². The van der Waals surface area contributed by atoms with Crippen molar-refractivity contribution in [3.05, 3.63) is 19.6 Å². The van der Waals surface area contributed by atoms with Gasteiger partial charge >= 0.3 is 0 Å². The fourth-order valence-corrected chi connectivity index (χ4v) is 0.584. The Balaban J connectivity index is 2.81. The van der Waals surface area contributed by atoms with Crippen LogP contribution in [-0.2, 0) is 0 Å². The summed E-state index contributed by atoms with van der Waals surface area (Å²) >= 11 is 0. The first-order valence-corrected chi connectivity index (χ1v) is 3.14. The molecule has 0 saturated heterocycles. The molecule has 0 nitrogen and oxygen atoms in total. The maximum atomic E-state index is 5.17. The van der Waals surface area contributed by atoms with E-state index in [1.807, 2.05) is 0 Å². The van der Waals surface area contributed by atoms with Gasteiger partial charge in [-0.3, -0.25) is 0 Å². The Morgan fingerprint density at radius 2 is 2.38 bits per heavy atom. The van der Waals surface area contributed by atoms with E-state index >= 15 is 0 Å². The van der Waals surface area contributed by atoms with Crippen LogP contribution in [0.1, 0.15) is 26.2 Å². The van der Waals surface area contributed by atoms with Gasteiger partial charge < -0.3 is 0 Å². The van der Waals surface area contributed by atoms with E-state index in [9.17, 15) is 0 Å². The lowest BCUT2D eigenvalue weighted by Crippen LogP contribution is -1.85. The van der Waals surface area contributed by atoms with Gasteiger partial charge in [0.25, 0.3) is 0 Å². The van der Waals surface area contributed by atoms with Crippen LogP contribution in [0.4, 0.5) is 0 Å². The van der Waals surface area contributed by atoms with Gasteiger partial charge in [0.05, 0.1) is 0 Å². The molecule has 0 aromatic carbocycles. The zero-order valence-electron chi connectivity index (χ0n) is 5.56. The second-order valence-corrected chi connectivity index (χ2v) is 2.27. The summed E-state index contributed by atoms with van der Waals surface area (Å²) in [7, 11) is 0. The fraction of sp³-hybridized carbons (Fsp3) is 0.625. The number of unbranched alkanes of at least 4 members (excludes halogenated alkanes) is 1. The van der Waals surface area contributed by atoms with Gasteiger partial charge in [-0.15, -0.1) is 0 Å². The molecule has 2 radical (unpaired) electrons. The summed E-state index contributed by atoms with van der Waals surface area (Å²) in [6, 6.07) is 0. The Kier molecular flexibility index (Phi) is 4.73. The van der Waals surface area contributed by atoms with E-state index in [1.165, 1.54) is 12.8 Å². The molecule has 0 spiro atoms. The van der Waals surface area contributed by atoms with Crippen LogP contribution in [-0.4, -0.2) is 0 Å². The van der Waals surface area contributed by atoms with Crippen molar-refractivity contribution in [1.29, 1.82) is 0 Å². The van der Waals surface area contributed by atoms with Gasteiger partial charge in [-0.2, -0.15) is 0 Å². The molecule has 0 aliphatic rings. The monoisotopic (exact) mass is 110 g/mol. The second-order valence-electron chi connectivity index (χ2n) is 2.27. The molecule has 1 atom stereocenters. The average Bonchev–Trinajstić information content (AvgIpc) is 1.66. The van der Waals surface area contributed by atoms with Gasteiger partial charge in [-0.1, -0.05) is 32.9 Å².